The highest BCUT2D eigenvalue weighted by molar-refractivity contribution is 6.01. The predicted molar refractivity (Wildman–Crippen MR) is 171 cm³/mol. The molecule has 0 spiro atoms. The first kappa shape index (κ1) is 26.7. The summed E-state index contributed by atoms with van der Waals surface area (Å²) in [6.45, 7) is 2.08. The van der Waals surface area contributed by atoms with Gasteiger partial charge in [0.2, 0.25) is 0 Å². The number of ether oxygens (including phenoxy) is 1. The van der Waals surface area contributed by atoms with E-state index in [2.05, 4.69) is 26.6 Å². The highest BCUT2D eigenvalue weighted by Crippen LogP contribution is 2.40. The second-order valence-corrected chi connectivity index (χ2v) is 13.2. The minimum atomic E-state index is -0.0364. The quantitative estimate of drug-likeness (QED) is 0.296. The van der Waals surface area contributed by atoms with Gasteiger partial charge in [-0.05, 0) is 79.5 Å². The van der Waals surface area contributed by atoms with Gasteiger partial charge in [-0.2, -0.15) is 0 Å². The minimum Gasteiger partial charge on any atom is -0.494 e. The molecule has 0 radical (unpaired) electrons. The van der Waals surface area contributed by atoms with Gasteiger partial charge in [0.15, 0.2) is 5.82 Å². The molecule has 2 bridgehead atoms. The van der Waals surface area contributed by atoms with Crippen LogP contribution in [0.5, 0.6) is 5.75 Å². The molecular formula is C35H35N7O3. The van der Waals surface area contributed by atoms with Crippen LogP contribution in [0.15, 0.2) is 48.5 Å². The molecule has 45 heavy (non-hydrogen) atoms. The first-order chi connectivity index (χ1) is 21.9. The van der Waals surface area contributed by atoms with Gasteiger partial charge in [-0.25, -0.2) is 9.97 Å². The predicted octanol–water partition coefficient (Wildman–Crippen LogP) is 4.48. The van der Waals surface area contributed by atoms with Crippen molar-refractivity contribution in [3.8, 4) is 28.5 Å². The van der Waals surface area contributed by atoms with Gasteiger partial charge in [0.25, 0.3) is 11.8 Å². The van der Waals surface area contributed by atoms with Gasteiger partial charge >= 0.3 is 0 Å². The van der Waals surface area contributed by atoms with E-state index in [1.807, 2.05) is 48.3 Å². The Morgan fingerprint density at radius 1 is 1.07 bits per heavy atom. The molecule has 3 fully saturated rings. The van der Waals surface area contributed by atoms with Crippen molar-refractivity contribution in [3.05, 3.63) is 65.2 Å². The van der Waals surface area contributed by atoms with E-state index in [0.29, 0.717) is 36.2 Å². The summed E-state index contributed by atoms with van der Waals surface area (Å²) in [7, 11) is 3.64. The molecule has 3 aromatic heterocycles. The number of methoxy groups -OCH3 is 1. The fraction of sp³-hybridized carbons (Fsp3) is 0.371. The Hall–Kier alpha value is -4.70. The fourth-order valence-electron chi connectivity index (χ4n) is 7.97. The van der Waals surface area contributed by atoms with Crippen LogP contribution in [0.3, 0.4) is 0 Å². The SMILES string of the molecule is COc1cc(C(=O)N2CC3CCC2[C@@H]3N)cc2nc(-c3cc4ccc(-c5cccc6c5CNC6=O)nc4n3CC3CC3)n(C)c12. The van der Waals surface area contributed by atoms with Gasteiger partial charge in [-0.15, -0.1) is 0 Å². The Morgan fingerprint density at radius 2 is 1.91 bits per heavy atom. The number of hydrogen-bond donors (Lipinski definition) is 2. The number of carbonyl (C=O) groups is 2. The number of nitrogens with zero attached hydrogens (tertiary/aromatic N) is 5. The number of imidazole rings is 1. The van der Waals surface area contributed by atoms with Gasteiger partial charge in [0.1, 0.15) is 16.9 Å². The van der Waals surface area contributed by atoms with Gasteiger partial charge in [0, 0.05) is 60.8 Å². The van der Waals surface area contributed by atoms with Crippen molar-refractivity contribution in [2.75, 3.05) is 13.7 Å². The normalized spacial score (nSPS) is 22.1. The van der Waals surface area contributed by atoms with Crippen molar-refractivity contribution < 1.29 is 14.3 Å². The van der Waals surface area contributed by atoms with Crippen molar-refractivity contribution in [2.24, 2.45) is 24.6 Å². The zero-order chi connectivity index (χ0) is 30.6. The maximum Gasteiger partial charge on any atom is 0.254 e. The standard InChI is InChI=1S/C35H35N7O3/c1-40-31-26(12-21(14-29(31)45-2)35(44)42-17-20-9-11-27(42)30(20)36)39-33(40)28-13-19-8-10-25(38-32(19)41(28)16-18-6-7-18)22-4-3-5-23-24(22)15-37-34(23)43/h3-5,8,10,12-14,18,20,27,30H,6-7,9,11,15-17,36H2,1-2H3,(H,37,43)/t20?,27?,30-/m1/s1. The third-order valence-corrected chi connectivity index (χ3v) is 10.5. The van der Waals surface area contributed by atoms with Crippen LogP contribution in [0.25, 0.3) is 44.8 Å². The number of piperidine rings is 1. The second kappa shape index (κ2) is 9.65. The van der Waals surface area contributed by atoms with Crippen molar-refractivity contribution in [3.63, 3.8) is 0 Å². The molecule has 3 N–H and O–H groups in total. The molecular weight excluding hydrogens is 566 g/mol. The molecule has 1 saturated heterocycles. The number of carbonyl (C=O) groups excluding carboxylic acids is 2. The van der Waals surface area contributed by atoms with Crippen LogP contribution in [-0.4, -0.2) is 61.6 Å². The Morgan fingerprint density at radius 3 is 2.67 bits per heavy atom. The second-order valence-electron chi connectivity index (χ2n) is 13.2. The van der Waals surface area contributed by atoms with Crippen LogP contribution in [0, 0.1) is 11.8 Å². The summed E-state index contributed by atoms with van der Waals surface area (Å²) < 4.78 is 10.2. The number of nitrogens with two attached hydrogens (primary N) is 1. The monoisotopic (exact) mass is 601 g/mol. The van der Waals surface area contributed by atoms with Gasteiger partial charge < -0.3 is 29.8 Å². The van der Waals surface area contributed by atoms with E-state index in [1.165, 1.54) is 12.8 Å². The minimum absolute atomic E-state index is 0.00562. The summed E-state index contributed by atoms with van der Waals surface area (Å²) >= 11 is 0. The molecule has 5 aromatic rings. The van der Waals surface area contributed by atoms with Gasteiger partial charge in [-0.1, -0.05) is 12.1 Å². The van der Waals surface area contributed by atoms with E-state index in [1.54, 1.807) is 7.11 Å². The van der Waals surface area contributed by atoms with Crippen LogP contribution in [0.1, 0.15) is 52.0 Å². The molecule has 3 atom stereocenters. The number of fused-ring (bicyclic) bond motifs is 5. The lowest BCUT2D eigenvalue weighted by Gasteiger charge is -2.27. The zero-order valence-corrected chi connectivity index (χ0v) is 25.4. The van der Waals surface area contributed by atoms with E-state index in [-0.39, 0.29) is 23.9 Å². The van der Waals surface area contributed by atoms with Crippen molar-refractivity contribution in [1.82, 2.24) is 29.3 Å². The number of hydrogen-bond acceptors (Lipinski definition) is 6. The smallest absolute Gasteiger partial charge is 0.254 e. The molecule has 2 aliphatic carbocycles. The Kier molecular flexibility index (Phi) is 5.72. The zero-order valence-electron chi connectivity index (χ0n) is 25.4. The lowest BCUT2D eigenvalue weighted by atomic mass is 10.0. The van der Waals surface area contributed by atoms with E-state index in [0.717, 1.165) is 75.4 Å². The third kappa shape index (κ3) is 3.97. The van der Waals surface area contributed by atoms with Crippen LogP contribution in [-0.2, 0) is 20.1 Å². The van der Waals surface area contributed by atoms with Crippen LogP contribution < -0.4 is 15.8 Å². The summed E-state index contributed by atoms with van der Waals surface area (Å²) in [4.78, 5) is 38.4. The molecule has 4 aliphatic rings. The molecule has 2 saturated carbocycles. The molecule has 2 unspecified atom stereocenters. The molecule has 2 aliphatic heterocycles. The van der Waals surface area contributed by atoms with Crippen molar-refractivity contribution >= 4 is 33.9 Å². The van der Waals surface area contributed by atoms with E-state index >= 15 is 0 Å². The number of rotatable bonds is 6. The molecule has 10 heteroatoms. The summed E-state index contributed by atoms with van der Waals surface area (Å²) in [5.41, 5.74) is 14.0. The summed E-state index contributed by atoms with van der Waals surface area (Å²) in [6, 6.07) is 16.1. The van der Waals surface area contributed by atoms with Crippen molar-refractivity contribution in [2.45, 2.75) is 50.9 Å². The van der Waals surface area contributed by atoms with Gasteiger partial charge in [0.05, 0.1) is 24.0 Å². The summed E-state index contributed by atoms with van der Waals surface area (Å²) in [5.74, 6) is 2.36. The van der Waals surface area contributed by atoms with E-state index in [4.69, 9.17) is 20.4 Å². The molecule has 2 aromatic carbocycles. The summed E-state index contributed by atoms with van der Waals surface area (Å²) in [5, 5.41) is 3.98. The topological polar surface area (TPSA) is 120 Å². The van der Waals surface area contributed by atoms with E-state index < -0.39 is 0 Å². The number of aryl methyl sites for hydroxylation is 1. The number of likely N-dealkylation sites (tertiary alicyclic amines) is 1. The number of benzene rings is 2. The number of amides is 2. The first-order valence-electron chi connectivity index (χ1n) is 15.9. The van der Waals surface area contributed by atoms with E-state index in [9.17, 15) is 9.59 Å². The first-order valence-corrected chi connectivity index (χ1v) is 15.9. The maximum atomic E-state index is 13.7. The average molecular weight is 602 g/mol. The number of aromatic nitrogens is 4. The largest absolute Gasteiger partial charge is 0.494 e. The Labute approximate surface area is 260 Å². The lowest BCUT2D eigenvalue weighted by Crippen LogP contribution is -2.41. The number of pyridine rings is 1. The van der Waals surface area contributed by atoms with Crippen molar-refractivity contribution in [1.29, 1.82) is 0 Å². The average Bonchev–Trinajstić information content (AvgIpc) is 3.27. The molecule has 228 valence electrons. The number of nitrogens with one attached hydrogen (secondary N) is 1. The van der Waals surface area contributed by atoms with Crippen LogP contribution >= 0.6 is 0 Å². The highest BCUT2D eigenvalue weighted by Gasteiger charge is 2.47. The van der Waals surface area contributed by atoms with Gasteiger partial charge in [-0.3, -0.25) is 9.59 Å². The maximum absolute atomic E-state index is 13.7. The third-order valence-electron chi connectivity index (χ3n) is 10.5. The molecule has 10 nitrogen and oxygen atoms in total. The molecule has 9 rings (SSSR count). The van der Waals surface area contributed by atoms with Crippen LogP contribution in [0.4, 0.5) is 0 Å². The molecule has 2 amide bonds. The fourth-order valence-corrected chi connectivity index (χ4v) is 7.97. The lowest BCUT2D eigenvalue weighted by molar-refractivity contribution is 0.0700. The Balaban J connectivity index is 1.16. The summed E-state index contributed by atoms with van der Waals surface area (Å²) in [6.07, 6.45) is 4.45. The Bertz CT molecular complexity index is 2070. The highest BCUT2D eigenvalue weighted by atomic mass is 16.5. The van der Waals surface area contributed by atoms with Crippen LogP contribution in [0.2, 0.25) is 0 Å². The molecule has 5 heterocycles.